The van der Waals surface area contributed by atoms with Crippen LogP contribution in [0.5, 0.6) is 5.75 Å². The van der Waals surface area contributed by atoms with Crippen molar-refractivity contribution in [2.24, 2.45) is 5.41 Å². The normalized spacial score (nSPS) is 25.2. The quantitative estimate of drug-likeness (QED) is 0.749. The highest BCUT2D eigenvalue weighted by atomic mass is 16.5. The Kier molecular flexibility index (Phi) is 4.99. The number of nitrogens with one attached hydrogen (secondary N) is 2. The third-order valence-electron chi connectivity index (χ3n) is 5.31. The molecule has 1 fully saturated rings. The second-order valence-corrected chi connectivity index (χ2v) is 7.47. The van der Waals surface area contributed by atoms with E-state index in [1.165, 1.54) is 4.90 Å². The van der Waals surface area contributed by atoms with Gasteiger partial charge in [-0.3, -0.25) is 9.59 Å². The summed E-state index contributed by atoms with van der Waals surface area (Å²) < 4.78 is 5.74. The van der Waals surface area contributed by atoms with Crippen LogP contribution in [-0.4, -0.2) is 47.1 Å². The van der Waals surface area contributed by atoms with Gasteiger partial charge in [-0.2, -0.15) is 0 Å². The van der Waals surface area contributed by atoms with Crippen LogP contribution in [0.15, 0.2) is 18.2 Å². The number of ether oxygens (including phenoxy) is 1. The summed E-state index contributed by atoms with van der Waals surface area (Å²) in [7, 11) is 0. The minimum atomic E-state index is -0.895. The van der Waals surface area contributed by atoms with E-state index in [2.05, 4.69) is 10.6 Å². The van der Waals surface area contributed by atoms with E-state index in [1.807, 2.05) is 26.0 Å². The summed E-state index contributed by atoms with van der Waals surface area (Å²) in [5, 5.41) is 15.0. The Balaban J connectivity index is 1.67. The SMILES string of the molecule is CCC1Oc2cc(C(C)NC(=O)N3CCC(C)(C(=O)O)C3)ccc2NC1=O. The fourth-order valence-corrected chi connectivity index (χ4v) is 3.37. The molecule has 1 aromatic carbocycles. The van der Waals surface area contributed by atoms with Crippen molar-refractivity contribution in [3.8, 4) is 5.75 Å². The van der Waals surface area contributed by atoms with Crippen molar-refractivity contribution in [2.45, 2.75) is 45.8 Å². The van der Waals surface area contributed by atoms with E-state index < -0.39 is 17.5 Å². The number of hydrogen-bond donors (Lipinski definition) is 3. The molecule has 3 atom stereocenters. The maximum absolute atomic E-state index is 12.5. The highest BCUT2D eigenvalue weighted by Crippen LogP contribution is 2.33. The van der Waals surface area contributed by atoms with Gasteiger partial charge in [-0.15, -0.1) is 0 Å². The molecule has 3 unspecified atom stereocenters. The summed E-state index contributed by atoms with van der Waals surface area (Å²) >= 11 is 0. The van der Waals surface area contributed by atoms with Crippen molar-refractivity contribution in [2.75, 3.05) is 18.4 Å². The molecule has 0 aromatic heterocycles. The first kappa shape index (κ1) is 19.0. The number of anilines is 1. The van der Waals surface area contributed by atoms with Crippen LogP contribution in [0.2, 0.25) is 0 Å². The monoisotopic (exact) mass is 375 g/mol. The number of fused-ring (bicyclic) bond motifs is 1. The Morgan fingerprint density at radius 3 is 2.85 bits per heavy atom. The molecule has 0 radical (unpaired) electrons. The largest absolute Gasteiger partial charge is 0.481 e. The summed E-state index contributed by atoms with van der Waals surface area (Å²) in [6.07, 6.45) is 0.490. The first-order valence-corrected chi connectivity index (χ1v) is 9.14. The van der Waals surface area contributed by atoms with Crippen LogP contribution in [0.4, 0.5) is 10.5 Å². The zero-order valence-electron chi connectivity index (χ0n) is 15.7. The molecule has 1 saturated heterocycles. The van der Waals surface area contributed by atoms with Crippen LogP contribution < -0.4 is 15.4 Å². The lowest BCUT2D eigenvalue weighted by atomic mass is 9.90. The van der Waals surface area contributed by atoms with Crippen molar-refractivity contribution < 1.29 is 24.2 Å². The molecule has 0 bridgehead atoms. The molecule has 27 heavy (non-hydrogen) atoms. The number of carboxylic acid groups (broad SMARTS) is 1. The van der Waals surface area contributed by atoms with E-state index in [0.29, 0.717) is 30.8 Å². The van der Waals surface area contributed by atoms with Crippen molar-refractivity contribution in [1.82, 2.24) is 10.2 Å². The van der Waals surface area contributed by atoms with Gasteiger partial charge in [0.2, 0.25) is 0 Å². The van der Waals surface area contributed by atoms with Gasteiger partial charge >= 0.3 is 12.0 Å². The van der Waals surface area contributed by atoms with E-state index in [-0.39, 0.29) is 24.5 Å². The fourth-order valence-electron chi connectivity index (χ4n) is 3.37. The molecule has 3 N–H and O–H groups in total. The van der Waals surface area contributed by atoms with E-state index >= 15 is 0 Å². The number of urea groups is 1. The third kappa shape index (κ3) is 3.70. The minimum absolute atomic E-state index is 0.158. The maximum atomic E-state index is 12.5. The summed E-state index contributed by atoms with van der Waals surface area (Å²) in [4.78, 5) is 37.2. The first-order chi connectivity index (χ1) is 12.7. The van der Waals surface area contributed by atoms with Crippen molar-refractivity contribution in [3.05, 3.63) is 23.8 Å². The van der Waals surface area contributed by atoms with E-state index in [0.717, 1.165) is 5.56 Å². The fraction of sp³-hybridized carbons (Fsp3) is 0.526. The standard InChI is InChI=1S/C19H25N3O5/c1-4-14-16(23)21-13-6-5-12(9-15(13)27-14)11(2)20-18(26)22-8-7-19(3,10-22)17(24)25/h5-6,9,11,14H,4,7-8,10H2,1-3H3,(H,20,26)(H,21,23)(H,24,25). The highest BCUT2D eigenvalue weighted by Gasteiger charge is 2.42. The molecule has 2 aliphatic rings. The van der Waals surface area contributed by atoms with Gasteiger partial charge in [0, 0.05) is 13.1 Å². The van der Waals surface area contributed by atoms with Crippen LogP contribution >= 0.6 is 0 Å². The molecular weight excluding hydrogens is 350 g/mol. The second kappa shape index (κ2) is 7.09. The van der Waals surface area contributed by atoms with Gasteiger partial charge < -0.3 is 25.4 Å². The number of likely N-dealkylation sites (tertiary alicyclic amines) is 1. The van der Waals surface area contributed by atoms with Gasteiger partial charge in [0.1, 0.15) is 5.75 Å². The Morgan fingerprint density at radius 1 is 1.48 bits per heavy atom. The molecule has 2 heterocycles. The predicted octanol–water partition coefficient (Wildman–Crippen LogP) is 2.36. The molecule has 0 aliphatic carbocycles. The van der Waals surface area contributed by atoms with Crippen LogP contribution in [0.25, 0.3) is 0 Å². The highest BCUT2D eigenvalue weighted by molar-refractivity contribution is 5.97. The van der Waals surface area contributed by atoms with E-state index in [9.17, 15) is 19.5 Å². The number of rotatable bonds is 4. The number of aliphatic carboxylic acids is 1. The van der Waals surface area contributed by atoms with Crippen LogP contribution in [0, 0.1) is 5.41 Å². The Bertz CT molecular complexity index is 781. The molecule has 146 valence electrons. The predicted molar refractivity (Wildman–Crippen MR) is 98.7 cm³/mol. The van der Waals surface area contributed by atoms with Gasteiger partial charge in [0.05, 0.1) is 17.1 Å². The molecule has 2 aliphatic heterocycles. The zero-order valence-corrected chi connectivity index (χ0v) is 15.7. The molecule has 0 saturated carbocycles. The van der Waals surface area contributed by atoms with Crippen molar-refractivity contribution in [3.63, 3.8) is 0 Å². The number of carboxylic acids is 1. The van der Waals surface area contributed by atoms with Gasteiger partial charge in [0.15, 0.2) is 6.10 Å². The Hall–Kier alpha value is -2.77. The lowest BCUT2D eigenvalue weighted by Gasteiger charge is -2.27. The molecule has 8 heteroatoms. The molecule has 0 spiro atoms. The van der Waals surface area contributed by atoms with Crippen molar-refractivity contribution in [1.29, 1.82) is 0 Å². The number of hydrogen-bond acceptors (Lipinski definition) is 4. The summed E-state index contributed by atoms with van der Waals surface area (Å²) in [5.41, 5.74) is 0.560. The topological polar surface area (TPSA) is 108 Å². The van der Waals surface area contributed by atoms with Gasteiger partial charge in [0.25, 0.3) is 5.91 Å². The molecule has 3 amide bonds. The summed E-state index contributed by atoms with van der Waals surface area (Å²) in [6, 6.07) is 4.82. The first-order valence-electron chi connectivity index (χ1n) is 9.14. The molecule has 8 nitrogen and oxygen atoms in total. The number of carbonyl (C=O) groups excluding carboxylic acids is 2. The molecule has 3 rings (SSSR count). The summed E-state index contributed by atoms with van der Waals surface area (Å²) in [6.45, 7) is 6.00. The second-order valence-electron chi connectivity index (χ2n) is 7.47. The zero-order chi connectivity index (χ0) is 19.8. The summed E-state index contributed by atoms with van der Waals surface area (Å²) in [5.74, 6) is -0.459. The van der Waals surface area contributed by atoms with Crippen LogP contribution in [0.3, 0.4) is 0 Å². The van der Waals surface area contributed by atoms with Gasteiger partial charge in [-0.1, -0.05) is 13.0 Å². The Labute approximate surface area is 157 Å². The van der Waals surface area contributed by atoms with Crippen LogP contribution in [-0.2, 0) is 9.59 Å². The van der Waals surface area contributed by atoms with E-state index in [4.69, 9.17) is 4.74 Å². The van der Waals surface area contributed by atoms with E-state index in [1.54, 1.807) is 13.0 Å². The number of carbonyl (C=O) groups is 3. The molecular formula is C19H25N3O5. The van der Waals surface area contributed by atoms with Gasteiger partial charge in [-0.25, -0.2) is 4.79 Å². The maximum Gasteiger partial charge on any atom is 0.317 e. The average Bonchev–Trinajstić information content (AvgIpc) is 3.04. The number of amides is 3. The minimum Gasteiger partial charge on any atom is -0.481 e. The number of nitrogens with zero attached hydrogens (tertiary/aromatic N) is 1. The smallest absolute Gasteiger partial charge is 0.317 e. The molecule has 1 aromatic rings. The average molecular weight is 375 g/mol. The Morgan fingerprint density at radius 2 is 2.22 bits per heavy atom. The number of benzene rings is 1. The van der Waals surface area contributed by atoms with Crippen molar-refractivity contribution >= 4 is 23.6 Å². The van der Waals surface area contributed by atoms with Crippen LogP contribution in [0.1, 0.15) is 45.2 Å². The van der Waals surface area contributed by atoms with Gasteiger partial charge in [-0.05, 0) is 44.4 Å². The third-order valence-corrected chi connectivity index (χ3v) is 5.31. The lowest BCUT2D eigenvalue weighted by Crippen LogP contribution is -2.41. The lowest BCUT2D eigenvalue weighted by molar-refractivity contribution is -0.147.